The zero-order valence-electron chi connectivity index (χ0n) is 83.6. The number of aryl methyl sites for hydroxylation is 6. The first-order chi connectivity index (χ1) is 69.1. The van der Waals surface area contributed by atoms with Gasteiger partial charge in [0.25, 0.3) is 0 Å². The van der Waals surface area contributed by atoms with Crippen molar-refractivity contribution in [2.24, 2.45) is 0 Å². The number of anilines is 10. The van der Waals surface area contributed by atoms with E-state index in [2.05, 4.69) is 379 Å². The van der Waals surface area contributed by atoms with Crippen molar-refractivity contribution in [3.63, 3.8) is 0 Å². The number of para-hydroxylation sites is 10. The van der Waals surface area contributed by atoms with Crippen molar-refractivity contribution in [2.45, 2.75) is 108 Å². The van der Waals surface area contributed by atoms with Crippen LogP contribution in [0.3, 0.4) is 0 Å². The Balaban J connectivity index is 0.000000132. The Bertz CT molecular complexity index is 6570. The van der Waals surface area contributed by atoms with Crippen LogP contribution >= 0.6 is 0 Å². The Labute approximate surface area is 831 Å². The molecule has 0 bridgehead atoms. The van der Waals surface area contributed by atoms with E-state index in [0.717, 1.165) is 197 Å². The fraction of sp³-hybridized carbons (Fsp3) is 0.183. The largest absolute Gasteiger partial charge is 0.508 e. The minimum Gasteiger partial charge on any atom is -0.508 e. The Hall–Kier alpha value is -19.2. The molecule has 6 aliphatic rings. The van der Waals surface area contributed by atoms with Gasteiger partial charge in [-0.25, -0.2) is 15.0 Å². The van der Waals surface area contributed by atoms with E-state index in [-0.39, 0.29) is 0 Å². The summed E-state index contributed by atoms with van der Waals surface area (Å²) in [6.45, 7) is 40.1. The molecular formula is C120H114Mt3N21-15. The van der Waals surface area contributed by atoms with Crippen LogP contribution in [0.5, 0.6) is 0 Å². The summed E-state index contributed by atoms with van der Waals surface area (Å²) >= 11 is 0. The maximum atomic E-state index is 4.57. The van der Waals surface area contributed by atoms with Crippen molar-refractivity contribution >= 4 is 73.8 Å². The predicted molar refractivity (Wildman–Crippen MR) is 569 cm³/mol. The second-order valence-electron chi connectivity index (χ2n) is 34.8. The summed E-state index contributed by atoms with van der Waals surface area (Å²) in [6.07, 6.45) is 26.4. The number of aromatic nitrogens is 9. The number of unbranched alkanes of at least 4 members (excludes halogenated alkanes) is 3. The molecule has 0 amide bonds. The molecule has 720 valence electrons. The molecule has 0 atom stereocenters. The van der Waals surface area contributed by atoms with Crippen LogP contribution in [-0.4, -0.2) is 102 Å². The number of hydrogen-bond acceptors (Lipinski definition) is 18. The van der Waals surface area contributed by atoms with Crippen LogP contribution in [-0.2, 0) is 0 Å². The Morgan fingerprint density at radius 3 is 0.792 bits per heavy atom. The van der Waals surface area contributed by atoms with Crippen LogP contribution in [0.4, 0.5) is 56.9 Å². The van der Waals surface area contributed by atoms with Crippen molar-refractivity contribution in [1.82, 2.24) is 62.7 Å². The second kappa shape index (κ2) is 46.8. The average molecular weight is 2680 g/mol. The zero-order valence-corrected chi connectivity index (χ0v) is 103. The Morgan fingerprint density at radius 2 is 0.500 bits per heavy atom. The summed E-state index contributed by atoms with van der Waals surface area (Å²) in [7, 11) is 0. The molecular weight excluding hydrogens is 2570 g/mol. The molecule has 0 saturated heterocycles. The summed E-state index contributed by atoms with van der Waals surface area (Å²) < 4.78 is 6.20. The molecule has 23 rings (SSSR count). The van der Waals surface area contributed by atoms with Gasteiger partial charge in [-0.3, -0.25) is 15.0 Å². The normalized spacial score (nSPS) is 13.8. The monoisotopic (exact) mass is 2680 g/mol. The number of nitrogens with zero attached hydrogens (tertiary/aromatic N) is 21. The van der Waals surface area contributed by atoms with E-state index in [9.17, 15) is 0 Å². The Kier molecular flexibility index (Phi) is 32.3. The zero-order chi connectivity index (χ0) is 96.9. The first-order valence-corrected chi connectivity index (χ1v) is 48.1. The van der Waals surface area contributed by atoms with Crippen LogP contribution in [0, 0.1) is 136 Å². The first-order valence-electron chi connectivity index (χ1n) is 48.1. The quantitative estimate of drug-likeness (QED) is 0.0420. The standard InChI is InChI=1S/C30H26N4.C26H30N4.C22H22N4.3C14H12N3.3Mt/c1-3-13-25(14-4-1)33-23-31(27-17-7-9-19-29(27)33)21-11-12-22-32-24-34(26-15-5-2-6-16-26)30-20-10-8-18-28(30)32;1-21-23(3)29(25-13-7-5-8-14-25)19-27(21)17-11-12-18-28-20-30(24(4)22(28)2)26-15-9-6-10-16-26;1-3-9-21(10-4-1)25-17-15-23(19-25)13-7-8-14-24-16-18-26(20-24)22-11-5-2-6-12-22;3*1-10-11(2)17-9-8-15-13(14(17)16-10)12-6-4-3-5-7-12;;;/h1-10,13,15,17-20,23-24H,11-12,21-22H2;5-10,13,15,19-20H,11-12,17-18H2,1-4H3;1-6,9,11,15-20H,7-8,13-14H2;3*3-6,8-9H,1-2H3;;;/q3*-4;3*-1;;;. The van der Waals surface area contributed by atoms with E-state index in [1.54, 1.807) is 18.6 Å². The summed E-state index contributed by atoms with van der Waals surface area (Å²) in [5.74, 6) is 0. The molecule has 0 saturated carbocycles. The van der Waals surface area contributed by atoms with Crippen LogP contribution < -0.4 is 39.2 Å². The van der Waals surface area contributed by atoms with E-state index in [0.29, 0.717) is 0 Å². The van der Waals surface area contributed by atoms with Crippen molar-refractivity contribution in [2.75, 3.05) is 78.5 Å². The molecule has 12 heterocycles. The summed E-state index contributed by atoms with van der Waals surface area (Å²) in [4.78, 5) is 54.0. The van der Waals surface area contributed by atoms with Gasteiger partial charge in [-0.1, -0.05) is 24.3 Å². The molecule has 0 N–H and O–H groups in total. The SMILES string of the molecule is CC1=C(C)N(c2[c-]cccc2)[CH-]N1CCCCN1[CH-]N(c2[c-]cccc2)C(C)=C1C.Cc1nc2c(-c3[c-]cccc3)nccn2c1C.Cc1nc2c(-c3[c-]cccc3)nccn2c1C.Cc1nc2c(-c3[c-]cccc3)nccn2c1C.[Mt].[Mt].[Mt].[c-]1ccccc1N1C=CN(CCCCN2C=CN(c3[c-]cccc3)[CH-]2)[CH-]1.[c-]1ccccc1N1[CH-]N(CCCCN2[CH-]N(c3[c-]cccc3)c3ccccc32)c2ccccc21. The summed E-state index contributed by atoms with van der Waals surface area (Å²) in [6, 6.07) is 119. The molecule has 0 aliphatic carbocycles. The maximum Gasteiger partial charge on any atom is 0.120 e. The average Bonchev–Trinajstić information content (AvgIpc) is 1.64. The smallest absolute Gasteiger partial charge is 0.120 e. The van der Waals surface area contributed by atoms with Gasteiger partial charge >= 0.3 is 0 Å². The molecule has 0 spiro atoms. The van der Waals surface area contributed by atoms with Crippen molar-refractivity contribution in [3.8, 4) is 33.8 Å². The fourth-order valence-corrected chi connectivity index (χ4v) is 17.5. The number of imidazole rings is 3. The minimum absolute atomic E-state index is 0. The van der Waals surface area contributed by atoms with Crippen LogP contribution in [0.1, 0.15) is 100 Å². The van der Waals surface area contributed by atoms with Crippen LogP contribution in [0.15, 0.2) is 352 Å². The number of rotatable bonds is 24. The first kappa shape index (κ1) is 99.3. The molecule has 21 nitrogen and oxygen atoms in total. The molecule has 0 unspecified atom stereocenters. The van der Waals surface area contributed by atoms with E-state index in [1.165, 1.54) is 45.5 Å². The third kappa shape index (κ3) is 22.6. The summed E-state index contributed by atoms with van der Waals surface area (Å²) in [5, 5.41) is 0. The van der Waals surface area contributed by atoms with Gasteiger partial charge in [0.05, 0.1) is 17.1 Å². The van der Waals surface area contributed by atoms with E-state index >= 15 is 0 Å². The number of hydrogen-bond donors (Lipinski definition) is 0. The van der Waals surface area contributed by atoms with Gasteiger partial charge in [0.1, 0.15) is 16.9 Å². The van der Waals surface area contributed by atoms with Gasteiger partial charge in [0.2, 0.25) is 0 Å². The van der Waals surface area contributed by atoms with E-state index in [1.807, 2.05) is 197 Å². The Morgan fingerprint density at radius 1 is 0.243 bits per heavy atom. The molecule has 24 heteroatoms. The molecule has 144 heavy (non-hydrogen) atoms. The van der Waals surface area contributed by atoms with Crippen LogP contribution in [0.25, 0.3) is 50.7 Å². The van der Waals surface area contributed by atoms with E-state index < -0.39 is 0 Å². The molecule has 6 aliphatic heterocycles. The van der Waals surface area contributed by atoms with Crippen molar-refractivity contribution < 1.29 is 0 Å². The molecule has 6 aromatic heterocycles. The van der Waals surface area contributed by atoms with Crippen molar-refractivity contribution in [3.05, 3.63) is 480 Å². The van der Waals surface area contributed by atoms with Crippen LogP contribution in [0.2, 0.25) is 0 Å². The number of allylic oxidation sites excluding steroid dienone is 4. The van der Waals surface area contributed by atoms with Gasteiger partial charge < -0.3 is 72.0 Å². The topological polar surface area (TPSA) is 129 Å². The van der Waals surface area contributed by atoms with Gasteiger partial charge in [0, 0.05) is 105 Å². The molecule has 0 fully saturated rings. The van der Waals surface area contributed by atoms with Gasteiger partial charge in [0.15, 0.2) is 0 Å². The van der Waals surface area contributed by atoms with Crippen molar-refractivity contribution in [1.29, 1.82) is 0 Å². The minimum atomic E-state index is 0. The second-order valence-corrected chi connectivity index (χ2v) is 34.8. The maximum absolute atomic E-state index is 4.57. The third-order valence-electron chi connectivity index (χ3n) is 25.8. The van der Waals surface area contributed by atoms with Gasteiger partial charge in [-0.2, -0.15) is 222 Å². The number of fused-ring (bicyclic) bond motifs is 5. The van der Waals surface area contributed by atoms with Gasteiger partial charge in [-0.05, 0) is 207 Å². The molecule has 17 aromatic rings. The number of benzene rings is 11. The third-order valence-corrected chi connectivity index (χ3v) is 25.8. The fourth-order valence-electron chi connectivity index (χ4n) is 17.5. The van der Waals surface area contributed by atoms with Gasteiger partial charge in [-0.15, -0.1) is 142 Å². The summed E-state index contributed by atoms with van der Waals surface area (Å²) in [5.41, 5.74) is 31.4. The molecule has 11 aromatic carbocycles. The van der Waals surface area contributed by atoms with E-state index in [4.69, 9.17) is 0 Å². The molecule has 0 radical (unpaired) electrons. The predicted octanol–water partition coefficient (Wildman–Crippen LogP) is 25.3.